The number of rotatable bonds is 6. The van der Waals surface area contributed by atoms with Gasteiger partial charge in [0.05, 0.1) is 12.7 Å². The van der Waals surface area contributed by atoms with Crippen molar-refractivity contribution in [2.24, 2.45) is 0 Å². The van der Waals surface area contributed by atoms with Gasteiger partial charge in [-0.2, -0.15) is 0 Å². The second-order valence-electron chi connectivity index (χ2n) is 4.17. The number of aliphatic carboxylic acids is 1. The lowest BCUT2D eigenvalue weighted by Gasteiger charge is -2.13. The summed E-state index contributed by atoms with van der Waals surface area (Å²) in [5.74, 6) is -2.28. The summed E-state index contributed by atoms with van der Waals surface area (Å²) in [7, 11) is 1.22. The molecule has 0 bridgehead atoms. The molecule has 1 aromatic heterocycles. The highest BCUT2D eigenvalue weighted by Gasteiger charge is 2.21. The molecule has 2 N–H and O–H groups in total. The first-order chi connectivity index (χ1) is 9.43. The van der Waals surface area contributed by atoms with Gasteiger partial charge in [0.15, 0.2) is 0 Å². The minimum Gasteiger partial charge on any atom is -0.480 e. The molecule has 7 heteroatoms. The van der Waals surface area contributed by atoms with Crippen LogP contribution in [0.2, 0.25) is 0 Å². The van der Waals surface area contributed by atoms with Crippen LogP contribution in [0.15, 0.2) is 18.3 Å². The molecule has 20 heavy (non-hydrogen) atoms. The molecule has 0 saturated carbocycles. The van der Waals surface area contributed by atoms with Gasteiger partial charge >= 0.3 is 11.9 Å². The van der Waals surface area contributed by atoms with Crippen molar-refractivity contribution in [2.45, 2.75) is 25.8 Å². The molecule has 0 aromatic carbocycles. The first-order valence-electron chi connectivity index (χ1n) is 5.97. The van der Waals surface area contributed by atoms with E-state index in [1.807, 2.05) is 0 Å². The van der Waals surface area contributed by atoms with Crippen molar-refractivity contribution in [3.63, 3.8) is 0 Å². The fraction of sp³-hybridized carbons (Fsp3) is 0.385. The largest absolute Gasteiger partial charge is 0.480 e. The Labute approximate surface area is 116 Å². The van der Waals surface area contributed by atoms with Crippen molar-refractivity contribution in [2.75, 3.05) is 7.11 Å². The molecule has 108 valence electrons. The number of carboxylic acids is 1. The highest BCUT2D eigenvalue weighted by atomic mass is 16.5. The van der Waals surface area contributed by atoms with Crippen LogP contribution >= 0.6 is 0 Å². The lowest BCUT2D eigenvalue weighted by atomic mass is 10.1. The zero-order valence-electron chi connectivity index (χ0n) is 11.3. The number of methoxy groups -OCH3 is 1. The Bertz CT molecular complexity index is 498. The standard InChI is InChI=1S/C13H16N2O5/c1-8-3-4-9(7-14-8)12(17)15-10(13(18)19)5-6-11(16)20-2/h3-4,7,10H,5-6H2,1-2H3,(H,15,17)(H,18,19)/t10-/m1/s1. The maximum absolute atomic E-state index is 11.9. The van der Waals surface area contributed by atoms with E-state index in [1.54, 1.807) is 19.1 Å². The van der Waals surface area contributed by atoms with Crippen LogP contribution in [0.3, 0.4) is 0 Å². The van der Waals surface area contributed by atoms with Crippen molar-refractivity contribution < 1.29 is 24.2 Å². The van der Waals surface area contributed by atoms with E-state index in [4.69, 9.17) is 5.11 Å². The van der Waals surface area contributed by atoms with Crippen molar-refractivity contribution in [1.29, 1.82) is 0 Å². The molecule has 1 atom stereocenters. The number of hydrogen-bond acceptors (Lipinski definition) is 5. The average Bonchev–Trinajstić information content (AvgIpc) is 2.43. The molecule has 1 heterocycles. The molecule has 1 rings (SSSR count). The minimum atomic E-state index is -1.21. The second-order valence-corrected chi connectivity index (χ2v) is 4.17. The molecule has 7 nitrogen and oxygen atoms in total. The lowest BCUT2D eigenvalue weighted by molar-refractivity contribution is -0.142. The lowest BCUT2D eigenvalue weighted by Crippen LogP contribution is -2.41. The van der Waals surface area contributed by atoms with Gasteiger partial charge in [-0.05, 0) is 25.5 Å². The van der Waals surface area contributed by atoms with Gasteiger partial charge < -0.3 is 15.2 Å². The van der Waals surface area contributed by atoms with Crippen LogP contribution in [-0.4, -0.2) is 41.1 Å². The maximum atomic E-state index is 11.9. The van der Waals surface area contributed by atoms with Gasteiger partial charge in [-0.3, -0.25) is 14.6 Å². The fourth-order valence-corrected chi connectivity index (χ4v) is 1.47. The quantitative estimate of drug-likeness (QED) is 0.736. The Kier molecular flexibility index (Phi) is 5.64. The van der Waals surface area contributed by atoms with E-state index in [9.17, 15) is 14.4 Å². The Morgan fingerprint density at radius 2 is 2.10 bits per heavy atom. The third kappa shape index (κ3) is 4.68. The number of aryl methyl sites for hydroxylation is 1. The van der Waals surface area contributed by atoms with E-state index in [-0.39, 0.29) is 18.4 Å². The number of carbonyl (C=O) groups excluding carboxylic acids is 2. The highest BCUT2D eigenvalue weighted by Crippen LogP contribution is 2.04. The monoisotopic (exact) mass is 280 g/mol. The molecular formula is C13H16N2O5. The summed E-state index contributed by atoms with van der Waals surface area (Å²) < 4.78 is 4.43. The summed E-state index contributed by atoms with van der Waals surface area (Å²) in [5.41, 5.74) is 1.02. The fourth-order valence-electron chi connectivity index (χ4n) is 1.47. The number of carbonyl (C=O) groups is 3. The number of nitrogens with one attached hydrogen (secondary N) is 1. The number of hydrogen-bond donors (Lipinski definition) is 2. The third-order valence-corrected chi connectivity index (χ3v) is 2.64. The molecule has 0 radical (unpaired) electrons. The van der Waals surface area contributed by atoms with Crippen molar-refractivity contribution in [3.05, 3.63) is 29.6 Å². The SMILES string of the molecule is COC(=O)CC[C@@H](NC(=O)c1ccc(C)nc1)C(=O)O. The van der Waals surface area contributed by atoms with E-state index in [2.05, 4.69) is 15.0 Å². The maximum Gasteiger partial charge on any atom is 0.326 e. The molecule has 0 aliphatic heterocycles. The molecule has 0 aliphatic rings. The molecule has 1 aromatic rings. The summed E-state index contributed by atoms with van der Waals surface area (Å²) in [6.45, 7) is 1.78. The molecule has 0 aliphatic carbocycles. The molecule has 0 spiro atoms. The number of aromatic nitrogens is 1. The van der Waals surface area contributed by atoms with Crippen LogP contribution in [0.5, 0.6) is 0 Å². The molecule has 0 fully saturated rings. The smallest absolute Gasteiger partial charge is 0.326 e. The molecule has 0 unspecified atom stereocenters. The van der Waals surface area contributed by atoms with Crippen LogP contribution in [-0.2, 0) is 14.3 Å². The number of carboxylic acid groups (broad SMARTS) is 1. The van der Waals surface area contributed by atoms with Crippen LogP contribution in [0.1, 0.15) is 28.9 Å². The van der Waals surface area contributed by atoms with Gasteiger partial charge in [0.2, 0.25) is 0 Å². The van der Waals surface area contributed by atoms with E-state index < -0.39 is 23.9 Å². The number of nitrogens with zero attached hydrogens (tertiary/aromatic N) is 1. The van der Waals surface area contributed by atoms with Crippen molar-refractivity contribution in [1.82, 2.24) is 10.3 Å². The number of amides is 1. The summed E-state index contributed by atoms with van der Waals surface area (Å²) in [6, 6.07) is 2.05. The Morgan fingerprint density at radius 1 is 1.40 bits per heavy atom. The third-order valence-electron chi connectivity index (χ3n) is 2.64. The molecule has 1 amide bonds. The summed E-state index contributed by atoms with van der Waals surface area (Å²) in [6.07, 6.45) is 1.25. The minimum absolute atomic E-state index is 0.0347. The van der Waals surface area contributed by atoms with Crippen molar-refractivity contribution >= 4 is 17.8 Å². The van der Waals surface area contributed by atoms with Crippen LogP contribution in [0.25, 0.3) is 0 Å². The molecular weight excluding hydrogens is 264 g/mol. The van der Waals surface area contributed by atoms with Crippen LogP contribution in [0, 0.1) is 6.92 Å². The van der Waals surface area contributed by atoms with Crippen LogP contribution in [0.4, 0.5) is 0 Å². The van der Waals surface area contributed by atoms with E-state index >= 15 is 0 Å². The highest BCUT2D eigenvalue weighted by molar-refractivity contribution is 5.96. The topological polar surface area (TPSA) is 106 Å². The van der Waals surface area contributed by atoms with Gasteiger partial charge in [0.25, 0.3) is 5.91 Å². The Hall–Kier alpha value is -2.44. The van der Waals surface area contributed by atoms with E-state index in [1.165, 1.54) is 13.3 Å². The number of ether oxygens (including phenoxy) is 1. The predicted molar refractivity (Wildman–Crippen MR) is 69.1 cm³/mol. The van der Waals surface area contributed by atoms with Gasteiger partial charge in [-0.15, -0.1) is 0 Å². The Balaban J connectivity index is 2.65. The van der Waals surface area contributed by atoms with Crippen molar-refractivity contribution in [3.8, 4) is 0 Å². The van der Waals surface area contributed by atoms with E-state index in [0.717, 1.165) is 5.69 Å². The number of esters is 1. The molecule has 0 saturated heterocycles. The Morgan fingerprint density at radius 3 is 2.60 bits per heavy atom. The summed E-state index contributed by atoms with van der Waals surface area (Å²) in [5, 5.41) is 11.4. The predicted octanol–water partition coefficient (Wildman–Crippen LogP) is 0.526. The van der Waals surface area contributed by atoms with Gasteiger partial charge in [0, 0.05) is 18.3 Å². The number of pyridine rings is 1. The normalized spacial score (nSPS) is 11.5. The first-order valence-corrected chi connectivity index (χ1v) is 5.97. The summed E-state index contributed by atoms with van der Waals surface area (Å²) >= 11 is 0. The first kappa shape index (κ1) is 15.6. The second kappa shape index (κ2) is 7.22. The van der Waals surface area contributed by atoms with Gasteiger partial charge in [0.1, 0.15) is 6.04 Å². The van der Waals surface area contributed by atoms with Gasteiger partial charge in [-0.25, -0.2) is 4.79 Å². The van der Waals surface area contributed by atoms with E-state index in [0.29, 0.717) is 0 Å². The zero-order valence-corrected chi connectivity index (χ0v) is 11.3. The summed E-state index contributed by atoms with van der Waals surface area (Å²) in [4.78, 5) is 37.8. The van der Waals surface area contributed by atoms with Crippen LogP contribution < -0.4 is 5.32 Å². The zero-order chi connectivity index (χ0) is 15.1. The van der Waals surface area contributed by atoms with Gasteiger partial charge in [-0.1, -0.05) is 0 Å². The average molecular weight is 280 g/mol.